The van der Waals surface area contributed by atoms with Crippen molar-refractivity contribution in [3.63, 3.8) is 0 Å². The van der Waals surface area contributed by atoms with E-state index in [1.54, 1.807) is 0 Å². The maximum absolute atomic E-state index is 12.7. The van der Waals surface area contributed by atoms with Crippen molar-refractivity contribution in [2.45, 2.75) is 6.18 Å². The van der Waals surface area contributed by atoms with E-state index in [4.69, 9.17) is 16.3 Å². The molecule has 0 amide bonds. The third-order valence-electron chi connectivity index (χ3n) is 2.23. The van der Waals surface area contributed by atoms with E-state index in [0.29, 0.717) is 6.07 Å². The Hall–Kier alpha value is -2.06. The lowest BCUT2D eigenvalue weighted by Gasteiger charge is -2.18. The number of hydrogen-bond acceptors (Lipinski definition) is 5. The van der Waals surface area contributed by atoms with Crippen LogP contribution in [0.3, 0.4) is 0 Å². The molecule has 5 nitrogen and oxygen atoms in total. The minimum Gasteiger partial charge on any atom is -0.761 e. The van der Waals surface area contributed by atoms with Crippen LogP contribution in [-0.2, 0) is 6.18 Å². The van der Waals surface area contributed by atoms with Gasteiger partial charge in [0, 0.05) is 18.0 Å². The van der Waals surface area contributed by atoms with Gasteiger partial charge in [-0.15, -0.1) is 0 Å². The summed E-state index contributed by atoms with van der Waals surface area (Å²) in [5.41, 5.74) is -0.496. The molecule has 1 N–H and O–H groups in total. The first-order valence-electron chi connectivity index (χ1n) is 5.16. The Morgan fingerprint density at radius 2 is 2.00 bits per heavy atom. The average molecular weight is 305 g/mol. The number of halogens is 4. The van der Waals surface area contributed by atoms with E-state index in [1.807, 2.05) is 0 Å². The second kappa shape index (κ2) is 5.51. The van der Waals surface area contributed by atoms with Gasteiger partial charge in [-0.1, -0.05) is 0 Å². The van der Waals surface area contributed by atoms with Gasteiger partial charge in [-0.2, -0.15) is 18.2 Å². The molecule has 0 radical (unpaired) electrons. The third kappa shape index (κ3) is 3.28. The molecule has 9 heteroatoms. The van der Waals surface area contributed by atoms with Crippen LogP contribution in [0.2, 0.25) is 5.28 Å². The largest absolute Gasteiger partial charge is 0.761 e. The summed E-state index contributed by atoms with van der Waals surface area (Å²) in [4.78, 5) is 7.29. The molecule has 0 saturated carbocycles. The van der Waals surface area contributed by atoms with Gasteiger partial charge in [0.25, 0.3) is 0 Å². The average Bonchev–Trinajstić information content (AvgIpc) is 2.37. The molecule has 0 spiro atoms. The second-order valence-electron chi connectivity index (χ2n) is 3.57. The van der Waals surface area contributed by atoms with Crippen LogP contribution in [0.25, 0.3) is 0 Å². The van der Waals surface area contributed by atoms with E-state index in [9.17, 15) is 18.4 Å². The summed E-state index contributed by atoms with van der Waals surface area (Å²) in [6, 6.07) is 4.19. The van der Waals surface area contributed by atoms with Gasteiger partial charge in [0.15, 0.2) is 0 Å². The summed E-state index contributed by atoms with van der Waals surface area (Å²) in [5, 5.41) is 10.4. The molecule has 0 saturated heterocycles. The molecule has 1 heterocycles. The van der Waals surface area contributed by atoms with Crippen molar-refractivity contribution < 1.29 is 17.9 Å². The molecule has 2 aromatic rings. The van der Waals surface area contributed by atoms with Crippen molar-refractivity contribution in [1.82, 2.24) is 9.97 Å². The lowest BCUT2D eigenvalue weighted by atomic mass is 10.1. The van der Waals surface area contributed by atoms with Crippen molar-refractivity contribution in [2.75, 3.05) is 5.48 Å². The summed E-state index contributed by atoms with van der Waals surface area (Å²) < 4.78 is 43.3. The molecular weight excluding hydrogens is 299 g/mol. The van der Waals surface area contributed by atoms with Crippen LogP contribution in [-0.4, -0.2) is 9.97 Å². The van der Waals surface area contributed by atoms with Crippen LogP contribution in [0.15, 0.2) is 30.5 Å². The number of benzene rings is 1. The molecule has 0 aliphatic heterocycles. The van der Waals surface area contributed by atoms with Crippen LogP contribution in [0, 0.1) is 5.21 Å². The van der Waals surface area contributed by atoms with Gasteiger partial charge in [-0.25, -0.2) is 4.98 Å². The summed E-state index contributed by atoms with van der Waals surface area (Å²) >= 11 is 5.53. The van der Waals surface area contributed by atoms with E-state index < -0.39 is 17.4 Å². The first-order valence-corrected chi connectivity index (χ1v) is 5.54. The molecule has 20 heavy (non-hydrogen) atoms. The molecule has 106 valence electrons. The van der Waals surface area contributed by atoms with Gasteiger partial charge in [-0.3, -0.25) is 0 Å². The van der Waals surface area contributed by atoms with Gasteiger partial charge in [-0.05, 0) is 29.8 Å². The molecular formula is C11H6ClF3N3O2-. The summed E-state index contributed by atoms with van der Waals surface area (Å²) in [5.74, 6) is -0.146. The highest BCUT2D eigenvalue weighted by Gasteiger charge is 2.33. The lowest BCUT2D eigenvalue weighted by Crippen LogP contribution is -2.08. The highest BCUT2D eigenvalue weighted by atomic mass is 35.5. The zero-order valence-corrected chi connectivity index (χ0v) is 10.4. The quantitative estimate of drug-likeness (QED) is 0.689. The Morgan fingerprint density at radius 1 is 1.25 bits per heavy atom. The molecule has 0 aliphatic carbocycles. The molecule has 1 aromatic heterocycles. The van der Waals surface area contributed by atoms with Crippen molar-refractivity contribution >= 4 is 17.3 Å². The Balaban J connectivity index is 2.34. The van der Waals surface area contributed by atoms with E-state index in [-0.39, 0.29) is 16.9 Å². The topological polar surface area (TPSA) is 70.1 Å². The van der Waals surface area contributed by atoms with E-state index in [0.717, 1.165) is 6.07 Å². The Morgan fingerprint density at radius 3 is 2.60 bits per heavy atom. The summed E-state index contributed by atoms with van der Waals surface area (Å²) in [6.45, 7) is 0. The number of hydrogen-bond donors (Lipinski definition) is 1. The van der Waals surface area contributed by atoms with Crippen molar-refractivity contribution in [1.29, 1.82) is 0 Å². The van der Waals surface area contributed by atoms with Gasteiger partial charge in [0.05, 0.1) is 5.56 Å². The zero-order chi connectivity index (χ0) is 14.8. The first kappa shape index (κ1) is 14.4. The van der Waals surface area contributed by atoms with Crippen LogP contribution < -0.4 is 10.2 Å². The smallest absolute Gasteiger partial charge is 0.418 e. The minimum atomic E-state index is -4.69. The van der Waals surface area contributed by atoms with Crippen molar-refractivity contribution in [2.24, 2.45) is 0 Å². The second-order valence-corrected chi connectivity index (χ2v) is 3.91. The zero-order valence-electron chi connectivity index (χ0n) is 9.61. The molecule has 0 atom stereocenters. The maximum atomic E-state index is 12.7. The van der Waals surface area contributed by atoms with Crippen LogP contribution >= 0.6 is 11.6 Å². The number of alkyl halides is 3. The Kier molecular flexibility index (Phi) is 3.96. The van der Waals surface area contributed by atoms with Crippen LogP contribution in [0.4, 0.5) is 18.9 Å². The standard InChI is InChI=1S/C11H6ClF3N3O2/c12-10-16-4-3-9(17-10)20-6-1-2-8(18-19)7(5-6)11(13,14)15/h1-5,18H/q-1. The predicted molar refractivity (Wildman–Crippen MR) is 65.5 cm³/mol. The van der Waals surface area contributed by atoms with Crippen LogP contribution in [0.5, 0.6) is 11.6 Å². The van der Waals surface area contributed by atoms with E-state index in [1.165, 1.54) is 23.8 Å². The highest BCUT2D eigenvalue weighted by Crippen LogP contribution is 2.37. The number of ether oxygens (including phenoxy) is 1. The Labute approximate surface area is 116 Å². The molecule has 0 unspecified atom stereocenters. The predicted octanol–water partition coefficient (Wildman–Crippen LogP) is 3.85. The molecule has 2 rings (SSSR count). The van der Waals surface area contributed by atoms with Crippen molar-refractivity contribution in [3.8, 4) is 11.6 Å². The first-order chi connectivity index (χ1) is 9.40. The minimum absolute atomic E-state index is 0.0130. The van der Waals surface area contributed by atoms with Gasteiger partial charge in [0.2, 0.25) is 11.2 Å². The normalized spacial score (nSPS) is 11.2. The SMILES string of the molecule is [O-]Nc1ccc(Oc2ccnc(Cl)n2)cc1C(F)(F)F. The number of rotatable bonds is 3. The van der Waals surface area contributed by atoms with Gasteiger partial charge >= 0.3 is 6.18 Å². The summed E-state index contributed by atoms with van der Waals surface area (Å²) in [7, 11) is 0. The fourth-order valence-corrected chi connectivity index (χ4v) is 1.55. The molecule has 0 fully saturated rings. The molecule has 1 aromatic carbocycles. The third-order valence-corrected chi connectivity index (χ3v) is 2.41. The number of nitrogens with one attached hydrogen (secondary N) is 1. The number of aromatic nitrogens is 2. The van der Waals surface area contributed by atoms with Crippen LogP contribution in [0.1, 0.15) is 5.56 Å². The van der Waals surface area contributed by atoms with Gasteiger partial charge in [0.1, 0.15) is 5.75 Å². The number of anilines is 1. The fourth-order valence-electron chi connectivity index (χ4n) is 1.41. The monoisotopic (exact) mass is 304 g/mol. The molecule has 0 bridgehead atoms. The van der Waals surface area contributed by atoms with Crippen molar-refractivity contribution in [3.05, 3.63) is 46.5 Å². The van der Waals surface area contributed by atoms with E-state index in [2.05, 4.69) is 9.97 Å². The number of nitrogens with zero attached hydrogens (tertiary/aromatic N) is 2. The Bertz CT molecular complexity index is 622. The highest BCUT2D eigenvalue weighted by molar-refractivity contribution is 6.28. The van der Waals surface area contributed by atoms with Gasteiger partial charge < -0.3 is 15.4 Å². The maximum Gasteiger partial charge on any atom is 0.418 e. The lowest BCUT2D eigenvalue weighted by molar-refractivity contribution is -0.137. The summed E-state index contributed by atoms with van der Waals surface area (Å²) in [6.07, 6.45) is -3.39. The van der Waals surface area contributed by atoms with E-state index >= 15 is 0 Å². The molecule has 0 aliphatic rings. The fraction of sp³-hybridized carbons (Fsp3) is 0.0909.